The summed E-state index contributed by atoms with van der Waals surface area (Å²) in [7, 11) is -4.17. The third kappa shape index (κ3) is 4.24. The third-order valence-electron chi connectivity index (χ3n) is 4.01. The molecule has 2 heterocycles. The van der Waals surface area contributed by atoms with Gasteiger partial charge in [0, 0.05) is 24.9 Å². The van der Waals surface area contributed by atoms with Crippen LogP contribution in [0.5, 0.6) is 0 Å². The van der Waals surface area contributed by atoms with Crippen molar-refractivity contribution in [3.8, 4) is 5.69 Å². The number of benzene rings is 1. The number of carboxylic acid groups (broad SMARTS) is 1. The standard InChI is InChI=1S/C18H16F2N4O4S/c1-11-5-6-13(10-22-11)29(27,28)16-9-12(7-8-21-18(25)26)23-24(16)15-4-2-3-14(19)17(15)20/h2-6,9-10,21H,7-8H2,1H3,(H,25,26). The highest BCUT2D eigenvalue weighted by Gasteiger charge is 2.27. The number of carbonyl (C=O) groups is 1. The van der Waals surface area contributed by atoms with Crippen LogP contribution in [-0.2, 0) is 16.3 Å². The topological polar surface area (TPSA) is 114 Å². The van der Waals surface area contributed by atoms with Gasteiger partial charge in [-0.25, -0.2) is 26.7 Å². The molecule has 3 rings (SSSR count). The van der Waals surface area contributed by atoms with E-state index in [-0.39, 0.29) is 29.2 Å². The van der Waals surface area contributed by atoms with Crippen molar-refractivity contribution in [1.82, 2.24) is 20.1 Å². The van der Waals surface area contributed by atoms with Gasteiger partial charge in [0.2, 0.25) is 9.84 Å². The minimum Gasteiger partial charge on any atom is -0.465 e. The molecule has 152 valence electrons. The van der Waals surface area contributed by atoms with Crippen molar-refractivity contribution in [2.45, 2.75) is 23.3 Å². The molecule has 2 N–H and O–H groups in total. The summed E-state index contributed by atoms with van der Waals surface area (Å²) in [6.45, 7) is 1.65. The Morgan fingerprint density at radius 2 is 2.00 bits per heavy atom. The van der Waals surface area contributed by atoms with Gasteiger partial charge in [0.1, 0.15) is 5.69 Å². The lowest BCUT2D eigenvalue weighted by Gasteiger charge is -2.09. The van der Waals surface area contributed by atoms with E-state index in [2.05, 4.69) is 15.4 Å². The number of aryl methyl sites for hydroxylation is 1. The lowest BCUT2D eigenvalue weighted by Crippen LogP contribution is -2.23. The predicted octanol–water partition coefficient (Wildman–Crippen LogP) is 2.50. The maximum Gasteiger partial charge on any atom is 0.404 e. The van der Waals surface area contributed by atoms with Crippen molar-refractivity contribution in [2.75, 3.05) is 6.54 Å². The molecule has 29 heavy (non-hydrogen) atoms. The summed E-state index contributed by atoms with van der Waals surface area (Å²) in [4.78, 5) is 14.4. The molecule has 3 aromatic rings. The van der Waals surface area contributed by atoms with Gasteiger partial charge in [0.15, 0.2) is 16.7 Å². The second-order valence-corrected chi connectivity index (χ2v) is 7.98. The van der Waals surface area contributed by atoms with E-state index in [0.717, 1.165) is 16.9 Å². The molecule has 0 saturated heterocycles. The van der Waals surface area contributed by atoms with Crippen molar-refractivity contribution in [2.24, 2.45) is 0 Å². The van der Waals surface area contributed by atoms with Crippen LogP contribution >= 0.6 is 0 Å². The normalized spacial score (nSPS) is 11.4. The van der Waals surface area contributed by atoms with E-state index in [0.29, 0.717) is 5.69 Å². The van der Waals surface area contributed by atoms with Gasteiger partial charge in [-0.3, -0.25) is 4.98 Å². The Kier molecular flexibility index (Phi) is 5.59. The number of sulfone groups is 1. The molecular weight excluding hydrogens is 406 g/mol. The highest BCUT2D eigenvalue weighted by Crippen LogP contribution is 2.26. The summed E-state index contributed by atoms with van der Waals surface area (Å²) in [5.41, 5.74) is 0.399. The van der Waals surface area contributed by atoms with Crippen molar-refractivity contribution < 1.29 is 27.1 Å². The zero-order valence-corrected chi connectivity index (χ0v) is 15.9. The van der Waals surface area contributed by atoms with Gasteiger partial charge in [-0.2, -0.15) is 5.10 Å². The monoisotopic (exact) mass is 422 g/mol. The molecular formula is C18H16F2N4O4S. The fraction of sp³-hybridized carbons (Fsp3) is 0.167. The number of amides is 1. The molecule has 0 aliphatic rings. The van der Waals surface area contributed by atoms with Gasteiger partial charge in [-0.1, -0.05) is 6.07 Å². The number of rotatable bonds is 6. The van der Waals surface area contributed by atoms with E-state index < -0.39 is 32.6 Å². The van der Waals surface area contributed by atoms with Gasteiger partial charge >= 0.3 is 6.09 Å². The van der Waals surface area contributed by atoms with Gasteiger partial charge in [-0.15, -0.1) is 0 Å². The van der Waals surface area contributed by atoms with Crippen LogP contribution in [0, 0.1) is 18.6 Å². The number of hydrogen-bond acceptors (Lipinski definition) is 5. The average Bonchev–Trinajstić information content (AvgIpc) is 3.09. The molecule has 0 spiro atoms. The Morgan fingerprint density at radius 3 is 2.66 bits per heavy atom. The second-order valence-electron chi connectivity index (χ2n) is 6.08. The van der Waals surface area contributed by atoms with Crippen molar-refractivity contribution in [3.63, 3.8) is 0 Å². The molecule has 2 aromatic heterocycles. The molecule has 1 aromatic carbocycles. The Morgan fingerprint density at radius 1 is 1.24 bits per heavy atom. The molecule has 0 bridgehead atoms. The largest absolute Gasteiger partial charge is 0.465 e. The first-order valence-electron chi connectivity index (χ1n) is 8.38. The molecule has 0 aliphatic carbocycles. The first-order chi connectivity index (χ1) is 13.7. The zero-order valence-electron chi connectivity index (χ0n) is 15.1. The summed E-state index contributed by atoms with van der Waals surface area (Å²) >= 11 is 0. The van der Waals surface area contributed by atoms with Crippen molar-refractivity contribution in [3.05, 3.63) is 65.6 Å². The van der Waals surface area contributed by atoms with Gasteiger partial charge in [-0.05, 0) is 37.3 Å². The number of nitrogens with one attached hydrogen (secondary N) is 1. The number of hydrogen-bond donors (Lipinski definition) is 2. The summed E-state index contributed by atoms with van der Waals surface area (Å²) in [5, 5.41) is 14.5. The van der Waals surface area contributed by atoms with E-state index in [1.54, 1.807) is 6.92 Å². The molecule has 0 saturated carbocycles. The minimum absolute atomic E-state index is 0.0381. The summed E-state index contributed by atoms with van der Waals surface area (Å²) in [6, 6.07) is 7.37. The first kappa shape index (κ1) is 20.4. The van der Waals surface area contributed by atoms with E-state index in [1.165, 1.54) is 30.3 Å². The summed E-state index contributed by atoms with van der Waals surface area (Å²) in [6.07, 6.45) is -0.0419. The van der Waals surface area contributed by atoms with E-state index in [1.807, 2.05) is 0 Å². The van der Waals surface area contributed by atoms with Crippen LogP contribution in [0.25, 0.3) is 5.69 Å². The Hall–Kier alpha value is -3.34. The Balaban J connectivity index is 2.13. The maximum absolute atomic E-state index is 14.3. The SMILES string of the molecule is Cc1ccc(S(=O)(=O)c2cc(CCNC(=O)O)nn2-c2cccc(F)c2F)cn1. The molecule has 0 radical (unpaired) electrons. The van der Waals surface area contributed by atoms with Crippen LogP contribution < -0.4 is 5.32 Å². The maximum atomic E-state index is 14.3. The molecule has 1 amide bonds. The van der Waals surface area contributed by atoms with Crippen LogP contribution in [0.1, 0.15) is 11.4 Å². The third-order valence-corrected chi connectivity index (χ3v) is 5.72. The fourth-order valence-corrected chi connectivity index (χ4v) is 3.92. The van der Waals surface area contributed by atoms with Crippen molar-refractivity contribution >= 4 is 15.9 Å². The highest BCUT2D eigenvalue weighted by atomic mass is 32.2. The van der Waals surface area contributed by atoms with Crippen LogP contribution in [-0.4, -0.2) is 40.9 Å². The van der Waals surface area contributed by atoms with E-state index in [4.69, 9.17) is 5.11 Å². The number of nitrogens with zero attached hydrogens (tertiary/aromatic N) is 3. The molecule has 0 atom stereocenters. The average molecular weight is 422 g/mol. The van der Waals surface area contributed by atoms with Crippen LogP contribution in [0.2, 0.25) is 0 Å². The lowest BCUT2D eigenvalue weighted by molar-refractivity contribution is 0.194. The van der Waals surface area contributed by atoms with Gasteiger partial charge in [0.05, 0.1) is 10.6 Å². The second kappa shape index (κ2) is 7.95. The van der Waals surface area contributed by atoms with E-state index in [9.17, 15) is 22.0 Å². The van der Waals surface area contributed by atoms with Gasteiger partial charge < -0.3 is 10.4 Å². The lowest BCUT2D eigenvalue weighted by atomic mass is 10.3. The van der Waals surface area contributed by atoms with Crippen LogP contribution in [0.4, 0.5) is 13.6 Å². The Bertz CT molecular complexity index is 1160. The molecule has 8 nitrogen and oxygen atoms in total. The van der Waals surface area contributed by atoms with Gasteiger partial charge in [0.25, 0.3) is 0 Å². The Labute approximate surface area is 164 Å². The molecule has 0 unspecified atom stereocenters. The van der Waals surface area contributed by atoms with Crippen LogP contribution in [0.3, 0.4) is 0 Å². The first-order valence-corrected chi connectivity index (χ1v) is 9.86. The van der Waals surface area contributed by atoms with Crippen molar-refractivity contribution in [1.29, 1.82) is 0 Å². The fourth-order valence-electron chi connectivity index (χ4n) is 2.58. The summed E-state index contributed by atoms with van der Waals surface area (Å²) < 4.78 is 55.1. The zero-order chi connectivity index (χ0) is 21.2. The molecule has 0 fully saturated rings. The molecule has 0 aliphatic heterocycles. The molecule has 11 heteroatoms. The predicted molar refractivity (Wildman–Crippen MR) is 97.6 cm³/mol. The summed E-state index contributed by atoms with van der Waals surface area (Å²) in [5.74, 6) is -2.42. The quantitative estimate of drug-likeness (QED) is 0.631. The number of pyridine rings is 1. The number of aromatic nitrogens is 3. The highest BCUT2D eigenvalue weighted by molar-refractivity contribution is 7.91. The van der Waals surface area contributed by atoms with Crippen LogP contribution in [0.15, 0.2) is 52.5 Å². The number of halogens is 2. The minimum atomic E-state index is -4.17. The smallest absolute Gasteiger partial charge is 0.404 e. The van der Waals surface area contributed by atoms with E-state index >= 15 is 0 Å².